The Morgan fingerprint density at radius 1 is 0.800 bits per heavy atom. The van der Waals surface area contributed by atoms with Crippen molar-refractivity contribution < 1.29 is 16.9 Å². The number of quaternary nitrogens is 1. The zero-order valence-electron chi connectivity index (χ0n) is 14.8. The van der Waals surface area contributed by atoms with E-state index in [1.165, 1.54) is 21.9 Å². The molecule has 1 aliphatic heterocycles. The summed E-state index contributed by atoms with van der Waals surface area (Å²) in [5, 5.41) is 6.44. The van der Waals surface area contributed by atoms with E-state index in [2.05, 4.69) is 92.2 Å². The van der Waals surface area contributed by atoms with Crippen LogP contribution in [-0.4, -0.2) is 31.8 Å². The van der Waals surface area contributed by atoms with Gasteiger partial charge >= 0.3 is 0 Å². The monoisotopic (exact) mass is 352 g/mol. The van der Waals surface area contributed by atoms with Crippen LogP contribution in [0, 0.1) is 0 Å². The fourth-order valence-electron chi connectivity index (χ4n) is 3.94. The number of benzene rings is 3. The molecule has 0 radical (unpaired) electrons. The van der Waals surface area contributed by atoms with Crippen molar-refractivity contribution >= 4 is 10.8 Å². The van der Waals surface area contributed by atoms with Gasteiger partial charge < -0.3 is 16.9 Å². The molecule has 2 atom stereocenters. The van der Waals surface area contributed by atoms with Gasteiger partial charge in [0.15, 0.2) is 0 Å². The molecule has 0 bridgehead atoms. The standard InChI is InChI=1S/C22H25N2.ClH/c1-24(2)15-21(22(23-16-24)18-9-4-3-5-10-18)20-13-12-17-8-6-7-11-19(17)14-20;/h3-14,21-23H,15-16H2,1-2H3;1H/q+1;/p-1/t21-,22-;/m0./s1. The molecule has 0 amide bonds. The second kappa shape index (κ2) is 7.17. The van der Waals surface area contributed by atoms with Crippen LogP contribution in [0.2, 0.25) is 0 Å². The van der Waals surface area contributed by atoms with Gasteiger partial charge in [-0.2, -0.15) is 0 Å². The quantitative estimate of drug-likeness (QED) is 0.686. The van der Waals surface area contributed by atoms with Gasteiger partial charge in [-0.15, -0.1) is 0 Å². The highest BCUT2D eigenvalue weighted by molar-refractivity contribution is 5.83. The van der Waals surface area contributed by atoms with Gasteiger partial charge in [0.25, 0.3) is 0 Å². The molecule has 1 saturated heterocycles. The maximum atomic E-state index is 3.79. The first-order valence-corrected chi connectivity index (χ1v) is 8.71. The van der Waals surface area contributed by atoms with Crippen molar-refractivity contribution in [3.63, 3.8) is 0 Å². The first kappa shape index (κ1) is 17.9. The Balaban J connectivity index is 0.00000182. The number of likely N-dealkylation sites (N-methyl/N-ethyl adjacent to an activating group) is 1. The van der Waals surface area contributed by atoms with Gasteiger partial charge in [-0.25, -0.2) is 0 Å². The molecular formula is C22H25ClN2. The number of nitrogens with one attached hydrogen (secondary N) is 1. The molecule has 130 valence electrons. The summed E-state index contributed by atoms with van der Waals surface area (Å²) in [6.45, 7) is 2.15. The van der Waals surface area contributed by atoms with Crippen LogP contribution in [0.15, 0.2) is 72.8 Å². The molecule has 0 aromatic heterocycles. The lowest BCUT2D eigenvalue weighted by molar-refractivity contribution is -0.900. The van der Waals surface area contributed by atoms with E-state index in [9.17, 15) is 0 Å². The van der Waals surface area contributed by atoms with Crippen LogP contribution in [0.4, 0.5) is 0 Å². The van der Waals surface area contributed by atoms with E-state index in [0.29, 0.717) is 12.0 Å². The Labute approximate surface area is 156 Å². The summed E-state index contributed by atoms with van der Waals surface area (Å²) in [6, 6.07) is 26.8. The molecule has 1 heterocycles. The molecule has 1 fully saturated rings. The second-order valence-corrected chi connectivity index (χ2v) is 7.58. The van der Waals surface area contributed by atoms with E-state index in [1.54, 1.807) is 0 Å². The molecule has 0 saturated carbocycles. The van der Waals surface area contributed by atoms with Crippen LogP contribution in [0.1, 0.15) is 23.1 Å². The Hall–Kier alpha value is -1.87. The number of hydrogen-bond acceptors (Lipinski definition) is 1. The minimum atomic E-state index is 0. The highest BCUT2D eigenvalue weighted by atomic mass is 35.5. The van der Waals surface area contributed by atoms with Crippen molar-refractivity contribution in [3.8, 4) is 0 Å². The summed E-state index contributed by atoms with van der Waals surface area (Å²) in [5.41, 5.74) is 2.82. The largest absolute Gasteiger partial charge is 1.00 e. The van der Waals surface area contributed by atoms with Crippen molar-refractivity contribution in [3.05, 3.63) is 83.9 Å². The van der Waals surface area contributed by atoms with E-state index in [4.69, 9.17) is 0 Å². The molecule has 0 aliphatic carbocycles. The third-order valence-corrected chi connectivity index (χ3v) is 5.19. The predicted octanol–water partition coefficient (Wildman–Crippen LogP) is 1.31. The molecule has 1 aliphatic rings. The van der Waals surface area contributed by atoms with E-state index in [-0.39, 0.29) is 12.4 Å². The molecule has 4 rings (SSSR count). The number of halogens is 1. The number of fused-ring (bicyclic) bond motifs is 1. The number of nitrogens with zero attached hydrogens (tertiary/aromatic N) is 1. The van der Waals surface area contributed by atoms with Crippen LogP contribution < -0.4 is 17.7 Å². The van der Waals surface area contributed by atoms with E-state index >= 15 is 0 Å². The minimum absolute atomic E-state index is 0. The van der Waals surface area contributed by atoms with Gasteiger partial charge in [0, 0.05) is 6.04 Å². The molecule has 1 N–H and O–H groups in total. The third-order valence-electron chi connectivity index (χ3n) is 5.19. The van der Waals surface area contributed by atoms with E-state index in [1.807, 2.05) is 0 Å². The summed E-state index contributed by atoms with van der Waals surface area (Å²) in [4.78, 5) is 0. The Morgan fingerprint density at radius 3 is 2.24 bits per heavy atom. The third kappa shape index (κ3) is 3.72. The Morgan fingerprint density at radius 2 is 1.48 bits per heavy atom. The lowest BCUT2D eigenvalue weighted by Crippen LogP contribution is -3.00. The van der Waals surface area contributed by atoms with E-state index < -0.39 is 0 Å². The van der Waals surface area contributed by atoms with Crippen molar-refractivity contribution in [2.24, 2.45) is 0 Å². The SMILES string of the molecule is C[N+]1(C)CN[C@@H](c2ccccc2)[C@H](c2ccc3ccccc3c2)C1.[Cl-]. The van der Waals surface area contributed by atoms with Crippen molar-refractivity contribution in [2.75, 3.05) is 27.3 Å². The molecule has 2 nitrogen and oxygen atoms in total. The zero-order chi connectivity index (χ0) is 16.6. The van der Waals surface area contributed by atoms with Crippen molar-refractivity contribution in [2.45, 2.75) is 12.0 Å². The normalized spacial score (nSPS) is 22.3. The molecule has 0 spiro atoms. The highest BCUT2D eigenvalue weighted by Gasteiger charge is 2.36. The zero-order valence-corrected chi connectivity index (χ0v) is 15.6. The number of hydrogen-bond donors (Lipinski definition) is 1. The van der Waals surface area contributed by atoms with Gasteiger partial charge in [0.05, 0.1) is 26.6 Å². The Bertz CT molecular complexity index is 845. The van der Waals surface area contributed by atoms with Crippen LogP contribution in [0.5, 0.6) is 0 Å². The summed E-state index contributed by atoms with van der Waals surface area (Å²) < 4.78 is 1.00. The minimum Gasteiger partial charge on any atom is -1.00 e. The average molecular weight is 353 g/mol. The second-order valence-electron chi connectivity index (χ2n) is 7.58. The number of rotatable bonds is 2. The molecular weight excluding hydrogens is 328 g/mol. The van der Waals surface area contributed by atoms with Crippen LogP contribution in [0.25, 0.3) is 10.8 Å². The highest BCUT2D eigenvalue weighted by Crippen LogP contribution is 2.36. The predicted molar refractivity (Wildman–Crippen MR) is 101 cm³/mol. The van der Waals surface area contributed by atoms with Gasteiger partial charge in [-0.05, 0) is 21.9 Å². The van der Waals surface area contributed by atoms with Gasteiger partial charge in [-0.1, -0.05) is 72.8 Å². The summed E-state index contributed by atoms with van der Waals surface area (Å²) >= 11 is 0. The lowest BCUT2D eigenvalue weighted by Gasteiger charge is -2.43. The maximum Gasteiger partial charge on any atom is 0.132 e. The fraction of sp³-hybridized carbons (Fsp3) is 0.273. The van der Waals surface area contributed by atoms with E-state index in [0.717, 1.165) is 17.7 Å². The summed E-state index contributed by atoms with van der Waals surface area (Å²) in [6.07, 6.45) is 0. The maximum absolute atomic E-state index is 3.79. The van der Waals surface area contributed by atoms with Crippen molar-refractivity contribution in [1.29, 1.82) is 0 Å². The van der Waals surface area contributed by atoms with Gasteiger partial charge in [-0.3, -0.25) is 5.32 Å². The van der Waals surface area contributed by atoms with Crippen molar-refractivity contribution in [1.82, 2.24) is 5.32 Å². The van der Waals surface area contributed by atoms with Crippen LogP contribution in [-0.2, 0) is 0 Å². The van der Waals surface area contributed by atoms with Gasteiger partial charge in [0.1, 0.15) is 6.67 Å². The van der Waals surface area contributed by atoms with Crippen LogP contribution in [0.3, 0.4) is 0 Å². The first-order chi connectivity index (χ1) is 11.6. The molecule has 25 heavy (non-hydrogen) atoms. The summed E-state index contributed by atoms with van der Waals surface area (Å²) in [5.74, 6) is 0.473. The first-order valence-electron chi connectivity index (χ1n) is 8.71. The Kier molecular flexibility index (Phi) is 5.14. The average Bonchev–Trinajstić information content (AvgIpc) is 2.61. The molecule has 3 aromatic rings. The van der Waals surface area contributed by atoms with Gasteiger partial charge in [0.2, 0.25) is 0 Å². The fourth-order valence-corrected chi connectivity index (χ4v) is 3.94. The smallest absolute Gasteiger partial charge is 0.132 e. The molecule has 0 unspecified atom stereocenters. The van der Waals surface area contributed by atoms with Crippen LogP contribution >= 0.6 is 0 Å². The summed E-state index contributed by atoms with van der Waals surface area (Å²) in [7, 11) is 4.62. The lowest BCUT2D eigenvalue weighted by atomic mass is 9.84. The molecule has 3 heteroatoms. The topological polar surface area (TPSA) is 12.0 Å². The molecule has 3 aromatic carbocycles.